The fraction of sp³-hybridized carbons (Fsp3) is 0.174. The average molecular weight is 448 g/mol. The summed E-state index contributed by atoms with van der Waals surface area (Å²) >= 11 is 1.16. The highest BCUT2D eigenvalue weighted by molar-refractivity contribution is 7.11. The molecule has 0 aliphatic heterocycles. The van der Waals surface area contributed by atoms with Crippen LogP contribution in [0.2, 0.25) is 0 Å². The molecule has 4 aromatic rings. The Hall–Kier alpha value is -3.85. The first-order valence-corrected chi connectivity index (χ1v) is 10.9. The summed E-state index contributed by atoms with van der Waals surface area (Å²) in [5.41, 5.74) is 5.20. The van der Waals surface area contributed by atoms with Crippen LogP contribution in [0.1, 0.15) is 20.8 Å². The zero-order valence-corrected chi connectivity index (χ0v) is 17.9. The number of thiazole rings is 1. The zero-order chi connectivity index (χ0) is 22.3. The monoisotopic (exact) mass is 447 g/mol. The molecular weight excluding hydrogens is 426 g/mol. The smallest absolute Gasteiger partial charge is 0.326 e. The Bertz CT molecular complexity index is 1170. The minimum atomic E-state index is -1.09. The molecule has 0 spiro atoms. The van der Waals surface area contributed by atoms with E-state index in [4.69, 9.17) is 0 Å². The number of nitrogens with one attached hydrogen (secondary N) is 1. The van der Waals surface area contributed by atoms with E-state index in [1.807, 2.05) is 53.3 Å². The van der Waals surface area contributed by atoms with Gasteiger partial charge in [0.15, 0.2) is 0 Å². The lowest BCUT2D eigenvalue weighted by Crippen LogP contribution is -2.42. The van der Waals surface area contributed by atoms with Crippen molar-refractivity contribution in [3.05, 3.63) is 88.5 Å². The first-order chi connectivity index (χ1) is 15.6. The van der Waals surface area contributed by atoms with Crippen LogP contribution in [0.5, 0.6) is 0 Å². The molecule has 8 nitrogen and oxygen atoms in total. The van der Waals surface area contributed by atoms with E-state index in [-0.39, 0.29) is 6.42 Å². The van der Waals surface area contributed by atoms with Crippen molar-refractivity contribution in [1.82, 2.24) is 25.3 Å². The highest BCUT2D eigenvalue weighted by atomic mass is 32.1. The number of carbonyl (C=O) groups is 2. The van der Waals surface area contributed by atoms with Crippen LogP contribution in [0.3, 0.4) is 0 Å². The summed E-state index contributed by atoms with van der Waals surface area (Å²) in [6, 6.07) is 16.6. The van der Waals surface area contributed by atoms with Gasteiger partial charge in [0.05, 0.1) is 17.9 Å². The lowest BCUT2D eigenvalue weighted by molar-refractivity contribution is -0.139. The standard InChI is InChI=1S/C23H21N5O3S/c29-22(21-13-24-15-32-21)25-19(23(30)31)12-17-6-8-18(9-7-17)20-14-28(27-26-20)11-10-16-4-2-1-3-5-16/h1-9,13-15,19H,10-12H2,(H,25,29)(H,30,31)/t19-/m0/s1. The van der Waals surface area contributed by atoms with Gasteiger partial charge < -0.3 is 10.4 Å². The molecule has 0 unspecified atom stereocenters. The molecule has 2 heterocycles. The minimum Gasteiger partial charge on any atom is -0.480 e. The van der Waals surface area contributed by atoms with E-state index in [0.717, 1.165) is 41.1 Å². The van der Waals surface area contributed by atoms with Crippen molar-refractivity contribution in [2.24, 2.45) is 0 Å². The van der Waals surface area contributed by atoms with Crippen LogP contribution in [0.4, 0.5) is 0 Å². The van der Waals surface area contributed by atoms with E-state index in [9.17, 15) is 14.7 Å². The summed E-state index contributed by atoms with van der Waals surface area (Å²) in [4.78, 5) is 28.0. The Balaban J connectivity index is 1.37. The summed E-state index contributed by atoms with van der Waals surface area (Å²) in [5, 5.41) is 20.5. The molecule has 1 atom stereocenters. The van der Waals surface area contributed by atoms with E-state index in [0.29, 0.717) is 4.88 Å². The summed E-state index contributed by atoms with van der Waals surface area (Å²) in [6.07, 6.45) is 4.35. The number of hydrogen-bond donors (Lipinski definition) is 2. The predicted octanol–water partition coefficient (Wildman–Crippen LogP) is 3.07. The number of carboxylic acids is 1. The fourth-order valence-electron chi connectivity index (χ4n) is 3.23. The molecule has 1 amide bonds. The van der Waals surface area contributed by atoms with Gasteiger partial charge in [-0.25, -0.2) is 4.79 Å². The quantitative estimate of drug-likeness (QED) is 0.408. The predicted molar refractivity (Wildman–Crippen MR) is 120 cm³/mol. The fourth-order valence-corrected chi connectivity index (χ4v) is 3.76. The first kappa shape index (κ1) is 21.4. The number of carbonyl (C=O) groups excluding carboxylic acids is 1. The third kappa shape index (κ3) is 5.44. The lowest BCUT2D eigenvalue weighted by atomic mass is 10.0. The van der Waals surface area contributed by atoms with Crippen molar-refractivity contribution < 1.29 is 14.7 Å². The van der Waals surface area contributed by atoms with E-state index in [1.54, 1.807) is 0 Å². The summed E-state index contributed by atoms with van der Waals surface area (Å²) < 4.78 is 1.81. The van der Waals surface area contributed by atoms with E-state index in [1.165, 1.54) is 17.3 Å². The number of benzene rings is 2. The van der Waals surface area contributed by atoms with Crippen LogP contribution in [0.15, 0.2) is 72.5 Å². The van der Waals surface area contributed by atoms with Crippen molar-refractivity contribution in [2.45, 2.75) is 25.4 Å². The van der Waals surface area contributed by atoms with Crippen molar-refractivity contribution in [2.75, 3.05) is 0 Å². The van der Waals surface area contributed by atoms with E-state index < -0.39 is 17.9 Å². The topological polar surface area (TPSA) is 110 Å². The van der Waals surface area contributed by atoms with Gasteiger partial charge in [0.1, 0.15) is 16.6 Å². The van der Waals surface area contributed by atoms with Gasteiger partial charge >= 0.3 is 5.97 Å². The molecule has 0 fully saturated rings. The average Bonchev–Trinajstić information content (AvgIpc) is 3.51. The van der Waals surface area contributed by atoms with Gasteiger partial charge in [0.2, 0.25) is 0 Å². The highest BCUT2D eigenvalue weighted by Crippen LogP contribution is 2.18. The lowest BCUT2D eigenvalue weighted by Gasteiger charge is -2.14. The van der Waals surface area contributed by atoms with Gasteiger partial charge in [-0.1, -0.05) is 59.8 Å². The number of hydrogen-bond acceptors (Lipinski definition) is 6. The molecule has 2 aromatic heterocycles. The van der Waals surface area contributed by atoms with Gasteiger partial charge in [0, 0.05) is 18.5 Å². The molecule has 2 aromatic carbocycles. The Morgan fingerprint density at radius 2 is 1.84 bits per heavy atom. The molecule has 0 saturated heterocycles. The van der Waals surface area contributed by atoms with Crippen LogP contribution >= 0.6 is 11.3 Å². The Kier molecular flexibility index (Phi) is 6.66. The number of aliphatic carboxylic acids is 1. The molecule has 162 valence electrons. The van der Waals surface area contributed by atoms with Crippen LogP contribution in [-0.4, -0.2) is 43.0 Å². The van der Waals surface area contributed by atoms with Crippen LogP contribution < -0.4 is 5.32 Å². The molecule has 9 heteroatoms. The maximum Gasteiger partial charge on any atom is 0.326 e. The number of amides is 1. The second-order valence-corrected chi connectivity index (χ2v) is 8.12. The van der Waals surface area contributed by atoms with Crippen molar-refractivity contribution in [3.63, 3.8) is 0 Å². The van der Waals surface area contributed by atoms with Gasteiger partial charge in [-0.3, -0.25) is 14.5 Å². The third-order valence-electron chi connectivity index (χ3n) is 4.96. The molecule has 0 aliphatic carbocycles. The number of rotatable bonds is 9. The van der Waals surface area contributed by atoms with Crippen LogP contribution in [0.25, 0.3) is 11.3 Å². The summed E-state index contributed by atoms with van der Waals surface area (Å²) in [6.45, 7) is 0.731. The number of nitrogens with zero attached hydrogens (tertiary/aromatic N) is 4. The maximum absolute atomic E-state index is 12.2. The van der Waals surface area contributed by atoms with Crippen LogP contribution in [-0.2, 0) is 24.2 Å². The highest BCUT2D eigenvalue weighted by Gasteiger charge is 2.22. The minimum absolute atomic E-state index is 0.171. The normalized spacial score (nSPS) is 11.8. The Morgan fingerprint density at radius 1 is 1.06 bits per heavy atom. The Morgan fingerprint density at radius 3 is 2.53 bits per heavy atom. The Labute approximate surface area is 188 Å². The molecule has 32 heavy (non-hydrogen) atoms. The summed E-state index contributed by atoms with van der Waals surface area (Å²) in [5.74, 6) is -1.53. The zero-order valence-electron chi connectivity index (χ0n) is 17.1. The van der Waals surface area contributed by atoms with E-state index >= 15 is 0 Å². The van der Waals surface area contributed by atoms with Gasteiger partial charge in [-0.15, -0.1) is 16.4 Å². The second kappa shape index (κ2) is 9.97. The molecule has 2 N–H and O–H groups in total. The van der Waals surface area contributed by atoms with Crippen LogP contribution in [0, 0.1) is 0 Å². The van der Waals surface area contributed by atoms with Gasteiger partial charge in [0.25, 0.3) is 5.91 Å². The number of aromatic nitrogens is 4. The maximum atomic E-state index is 12.2. The second-order valence-electron chi connectivity index (χ2n) is 7.23. The summed E-state index contributed by atoms with van der Waals surface area (Å²) in [7, 11) is 0. The number of carboxylic acid groups (broad SMARTS) is 1. The van der Waals surface area contributed by atoms with Crippen molar-refractivity contribution in [3.8, 4) is 11.3 Å². The largest absolute Gasteiger partial charge is 0.480 e. The van der Waals surface area contributed by atoms with Gasteiger partial charge in [-0.2, -0.15) is 0 Å². The van der Waals surface area contributed by atoms with Crippen molar-refractivity contribution >= 4 is 23.2 Å². The first-order valence-electron chi connectivity index (χ1n) is 10.0. The molecule has 0 aliphatic rings. The molecule has 0 saturated carbocycles. The van der Waals surface area contributed by atoms with E-state index in [2.05, 4.69) is 32.7 Å². The molecule has 0 radical (unpaired) electrons. The number of aryl methyl sites for hydroxylation is 2. The van der Waals surface area contributed by atoms with Gasteiger partial charge in [-0.05, 0) is 17.5 Å². The molecule has 4 rings (SSSR count). The molecular formula is C23H21N5O3S. The molecule has 0 bridgehead atoms. The third-order valence-corrected chi connectivity index (χ3v) is 5.73. The van der Waals surface area contributed by atoms with Crippen molar-refractivity contribution in [1.29, 1.82) is 0 Å². The SMILES string of the molecule is O=C(N[C@@H](Cc1ccc(-c2cn(CCc3ccccc3)nn2)cc1)C(=O)O)c1cncs1.